The lowest BCUT2D eigenvalue weighted by Crippen LogP contribution is -2.45. The Balaban J connectivity index is 1.76. The van der Waals surface area contributed by atoms with E-state index in [1.165, 1.54) is 0 Å². The number of hydrogen-bond acceptors (Lipinski definition) is 7. The SMILES string of the molecule is CCCc1nn(C)c2c(=O)[nH]c(-c3cc(C(=O)CN4CCNCC4)ccc3OCC)nc12. The third kappa shape index (κ3) is 4.44. The van der Waals surface area contributed by atoms with Crippen LogP contribution < -0.4 is 15.6 Å². The first-order chi connectivity index (χ1) is 15.5. The summed E-state index contributed by atoms with van der Waals surface area (Å²) >= 11 is 0. The number of H-pyrrole nitrogens is 1. The molecule has 0 spiro atoms. The maximum absolute atomic E-state index is 13.0. The van der Waals surface area contributed by atoms with Crippen LogP contribution >= 0.6 is 0 Å². The fourth-order valence-corrected chi connectivity index (χ4v) is 4.11. The van der Waals surface area contributed by atoms with Crippen LogP contribution in [0.4, 0.5) is 0 Å². The van der Waals surface area contributed by atoms with Gasteiger partial charge in [0, 0.05) is 38.8 Å². The summed E-state index contributed by atoms with van der Waals surface area (Å²) in [6, 6.07) is 5.34. The van der Waals surface area contributed by atoms with Gasteiger partial charge in [-0.25, -0.2) is 4.98 Å². The number of aryl methyl sites for hydroxylation is 2. The number of benzene rings is 1. The zero-order valence-electron chi connectivity index (χ0n) is 18.9. The van der Waals surface area contributed by atoms with E-state index in [1.54, 1.807) is 29.9 Å². The molecule has 1 fully saturated rings. The molecule has 0 saturated carbocycles. The second-order valence-electron chi connectivity index (χ2n) is 8.03. The number of aromatic amines is 1. The number of ketones is 1. The number of piperazine rings is 1. The summed E-state index contributed by atoms with van der Waals surface area (Å²) in [5, 5.41) is 7.78. The Kier molecular flexibility index (Phi) is 6.66. The maximum atomic E-state index is 13.0. The molecule has 0 radical (unpaired) electrons. The Bertz CT molecular complexity index is 1180. The Labute approximate surface area is 186 Å². The van der Waals surface area contributed by atoms with Gasteiger partial charge in [0.25, 0.3) is 5.56 Å². The Hall–Kier alpha value is -3.04. The average molecular weight is 439 g/mol. The van der Waals surface area contributed by atoms with Gasteiger partial charge in [-0.15, -0.1) is 0 Å². The summed E-state index contributed by atoms with van der Waals surface area (Å²) in [4.78, 5) is 35.6. The van der Waals surface area contributed by atoms with E-state index >= 15 is 0 Å². The minimum absolute atomic E-state index is 0.0349. The summed E-state index contributed by atoms with van der Waals surface area (Å²) < 4.78 is 7.37. The van der Waals surface area contributed by atoms with Gasteiger partial charge in [0.05, 0.1) is 24.4 Å². The van der Waals surface area contributed by atoms with E-state index in [4.69, 9.17) is 9.72 Å². The van der Waals surface area contributed by atoms with Crippen LogP contribution in [-0.2, 0) is 13.5 Å². The summed E-state index contributed by atoms with van der Waals surface area (Å²) in [5.41, 5.74) is 2.74. The van der Waals surface area contributed by atoms with Crippen LogP contribution in [0.2, 0.25) is 0 Å². The fraction of sp³-hybridized carbons (Fsp3) is 0.478. The quantitative estimate of drug-likeness (QED) is 0.516. The standard InChI is InChI=1S/C23H30N6O3/c1-4-6-17-20-21(28(3)27-17)23(31)26-22(25-20)16-13-15(7-8-19(16)32-5-2)18(30)14-29-11-9-24-10-12-29/h7-8,13,24H,4-6,9-12,14H2,1-3H3,(H,25,26,31). The first-order valence-corrected chi connectivity index (χ1v) is 11.2. The molecule has 4 rings (SSSR count). The number of carbonyl (C=O) groups excluding carboxylic acids is 1. The van der Waals surface area contributed by atoms with Crippen LogP contribution in [0.3, 0.4) is 0 Å². The number of aromatic nitrogens is 4. The normalized spacial score (nSPS) is 14.7. The van der Waals surface area contributed by atoms with Crippen molar-refractivity contribution in [3.05, 3.63) is 39.8 Å². The van der Waals surface area contributed by atoms with Crippen LogP contribution in [-0.4, -0.2) is 69.8 Å². The van der Waals surface area contributed by atoms with E-state index in [0.717, 1.165) is 44.7 Å². The zero-order chi connectivity index (χ0) is 22.7. The highest BCUT2D eigenvalue weighted by Crippen LogP contribution is 2.30. The molecule has 0 unspecified atom stereocenters. The predicted molar refractivity (Wildman–Crippen MR) is 123 cm³/mol. The minimum Gasteiger partial charge on any atom is -0.493 e. The van der Waals surface area contributed by atoms with Crippen molar-refractivity contribution in [1.29, 1.82) is 0 Å². The molecule has 2 aromatic heterocycles. The van der Waals surface area contributed by atoms with E-state index in [-0.39, 0.29) is 11.3 Å². The van der Waals surface area contributed by atoms with E-state index in [1.807, 2.05) is 6.92 Å². The number of Topliss-reactive ketones (excluding diaryl/α,β-unsaturated/α-hetero) is 1. The van der Waals surface area contributed by atoms with Gasteiger partial charge >= 0.3 is 0 Å². The molecular formula is C23H30N6O3. The van der Waals surface area contributed by atoms with Crippen LogP contribution in [0, 0.1) is 0 Å². The first-order valence-electron chi connectivity index (χ1n) is 11.2. The summed E-state index contributed by atoms with van der Waals surface area (Å²) in [7, 11) is 1.75. The average Bonchev–Trinajstić information content (AvgIpc) is 3.10. The van der Waals surface area contributed by atoms with Crippen molar-refractivity contribution in [2.24, 2.45) is 7.05 Å². The molecule has 0 aliphatic carbocycles. The van der Waals surface area contributed by atoms with Crippen LogP contribution in [0.5, 0.6) is 5.75 Å². The van der Waals surface area contributed by atoms with Crippen molar-refractivity contribution >= 4 is 16.8 Å². The van der Waals surface area contributed by atoms with E-state index in [2.05, 4.69) is 27.2 Å². The Morgan fingerprint density at radius 2 is 2.00 bits per heavy atom. The molecule has 1 aliphatic heterocycles. The number of nitrogens with one attached hydrogen (secondary N) is 2. The molecule has 1 saturated heterocycles. The molecule has 32 heavy (non-hydrogen) atoms. The largest absolute Gasteiger partial charge is 0.493 e. The van der Waals surface area contributed by atoms with Crippen molar-refractivity contribution in [2.75, 3.05) is 39.3 Å². The molecule has 3 aromatic rings. The maximum Gasteiger partial charge on any atom is 0.277 e. The van der Waals surface area contributed by atoms with Gasteiger partial charge in [-0.1, -0.05) is 13.3 Å². The van der Waals surface area contributed by atoms with E-state index in [0.29, 0.717) is 46.9 Å². The van der Waals surface area contributed by atoms with Gasteiger partial charge in [0.15, 0.2) is 11.3 Å². The number of carbonyl (C=O) groups is 1. The number of rotatable bonds is 8. The number of nitrogens with zero attached hydrogens (tertiary/aromatic N) is 4. The topological polar surface area (TPSA) is 105 Å². The van der Waals surface area contributed by atoms with Crippen molar-refractivity contribution in [2.45, 2.75) is 26.7 Å². The van der Waals surface area contributed by atoms with E-state index in [9.17, 15) is 9.59 Å². The van der Waals surface area contributed by atoms with Crippen LogP contribution in [0.25, 0.3) is 22.4 Å². The van der Waals surface area contributed by atoms with Crippen molar-refractivity contribution < 1.29 is 9.53 Å². The monoisotopic (exact) mass is 438 g/mol. The number of hydrogen-bond donors (Lipinski definition) is 2. The third-order valence-electron chi connectivity index (χ3n) is 5.68. The summed E-state index contributed by atoms with van der Waals surface area (Å²) in [5.74, 6) is 0.996. The Morgan fingerprint density at radius 1 is 1.22 bits per heavy atom. The number of fused-ring (bicyclic) bond motifs is 1. The lowest BCUT2D eigenvalue weighted by atomic mass is 10.0. The summed E-state index contributed by atoms with van der Waals surface area (Å²) in [6.07, 6.45) is 1.63. The molecule has 0 bridgehead atoms. The van der Waals surface area contributed by atoms with Crippen molar-refractivity contribution in [1.82, 2.24) is 30.0 Å². The van der Waals surface area contributed by atoms with Gasteiger partial charge in [-0.05, 0) is 31.5 Å². The second kappa shape index (κ2) is 9.62. The molecule has 1 aromatic carbocycles. The molecule has 9 nitrogen and oxygen atoms in total. The first kappa shape index (κ1) is 22.2. The van der Waals surface area contributed by atoms with Crippen LogP contribution in [0.1, 0.15) is 36.3 Å². The smallest absolute Gasteiger partial charge is 0.277 e. The molecule has 2 N–H and O–H groups in total. The third-order valence-corrected chi connectivity index (χ3v) is 5.68. The highest BCUT2D eigenvalue weighted by Gasteiger charge is 2.20. The summed E-state index contributed by atoms with van der Waals surface area (Å²) in [6.45, 7) is 8.26. The number of ether oxygens (including phenoxy) is 1. The highest BCUT2D eigenvalue weighted by atomic mass is 16.5. The van der Waals surface area contributed by atoms with Gasteiger partial charge < -0.3 is 15.0 Å². The molecule has 3 heterocycles. The van der Waals surface area contributed by atoms with Crippen molar-refractivity contribution in [3.8, 4) is 17.1 Å². The molecule has 170 valence electrons. The van der Waals surface area contributed by atoms with Gasteiger partial charge in [0.2, 0.25) is 0 Å². The second-order valence-corrected chi connectivity index (χ2v) is 8.03. The predicted octanol–water partition coefficient (Wildman–Crippen LogP) is 1.76. The van der Waals surface area contributed by atoms with Gasteiger partial charge in [-0.2, -0.15) is 5.10 Å². The zero-order valence-corrected chi connectivity index (χ0v) is 18.9. The van der Waals surface area contributed by atoms with Crippen LogP contribution in [0.15, 0.2) is 23.0 Å². The Morgan fingerprint density at radius 3 is 2.72 bits per heavy atom. The fourth-order valence-electron chi connectivity index (χ4n) is 4.11. The lowest BCUT2D eigenvalue weighted by Gasteiger charge is -2.26. The van der Waals surface area contributed by atoms with Gasteiger partial charge in [0.1, 0.15) is 17.1 Å². The van der Waals surface area contributed by atoms with Gasteiger partial charge in [-0.3, -0.25) is 19.2 Å². The molecule has 0 atom stereocenters. The molecular weight excluding hydrogens is 408 g/mol. The molecule has 0 amide bonds. The van der Waals surface area contributed by atoms with E-state index < -0.39 is 0 Å². The molecule has 1 aliphatic rings. The minimum atomic E-state index is -0.262. The van der Waals surface area contributed by atoms with Crippen molar-refractivity contribution in [3.63, 3.8) is 0 Å². The lowest BCUT2D eigenvalue weighted by molar-refractivity contribution is 0.0921. The highest BCUT2D eigenvalue weighted by molar-refractivity contribution is 5.99. The molecule has 9 heteroatoms.